The minimum absolute atomic E-state index is 0.129. The molecule has 6 nitrogen and oxygen atoms in total. The van der Waals surface area contributed by atoms with Crippen LogP contribution in [0.2, 0.25) is 0 Å². The minimum atomic E-state index is -1.77. The smallest absolute Gasteiger partial charge is 0.339 e. The lowest BCUT2D eigenvalue weighted by atomic mass is 9.75. The predicted molar refractivity (Wildman–Crippen MR) is 64.8 cm³/mol. The molecular weight excluding hydrogens is 250 g/mol. The van der Waals surface area contributed by atoms with Crippen LogP contribution in [0.4, 0.5) is 0 Å². The van der Waals surface area contributed by atoms with Crippen LogP contribution in [0.3, 0.4) is 0 Å². The molecule has 0 heterocycles. The van der Waals surface area contributed by atoms with Gasteiger partial charge in [0.1, 0.15) is 11.3 Å². The van der Waals surface area contributed by atoms with E-state index in [2.05, 4.69) is 0 Å². The van der Waals surface area contributed by atoms with Crippen LogP contribution in [-0.4, -0.2) is 27.7 Å². The normalized spacial score (nSPS) is 18.4. The van der Waals surface area contributed by atoms with Crippen LogP contribution in [0.15, 0.2) is 18.2 Å². The number of carbonyl (C=O) groups excluding carboxylic acids is 2. The second-order valence-corrected chi connectivity index (χ2v) is 4.54. The fourth-order valence-electron chi connectivity index (χ4n) is 2.24. The number of rotatable bonds is 2. The minimum Gasteiger partial charge on any atom is -0.507 e. The number of hydrogen-bond acceptors (Lipinski definition) is 5. The lowest BCUT2D eigenvalue weighted by Gasteiger charge is -2.30. The van der Waals surface area contributed by atoms with Crippen molar-refractivity contribution in [2.75, 3.05) is 0 Å². The Bertz CT molecular complexity index is 562. The van der Waals surface area contributed by atoms with Crippen molar-refractivity contribution in [2.24, 2.45) is 5.73 Å². The average molecular weight is 263 g/mol. The highest BCUT2D eigenvalue weighted by atomic mass is 16.4. The lowest BCUT2D eigenvalue weighted by molar-refractivity contribution is -0.137. The van der Waals surface area contributed by atoms with E-state index < -0.39 is 28.8 Å². The number of aromatic hydroxyl groups is 1. The van der Waals surface area contributed by atoms with Gasteiger partial charge in [0.25, 0.3) is 0 Å². The zero-order chi connectivity index (χ0) is 14.2. The van der Waals surface area contributed by atoms with Gasteiger partial charge in [-0.25, -0.2) is 4.79 Å². The number of nitrogens with two attached hydrogens (primary N) is 1. The highest BCUT2D eigenvalue weighted by Gasteiger charge is 2.45. The van der Waals surface area contributed by atoms with Gasteiger partial charge in [0.15, 0.2) is 17.1 Å². The number of phenols is 1. The van der Waals surface area contributed by atoms with Gasteiger partial charge in [0, 0.05) is 12.8 Å². The monoisotopic (exact) mass is 263 g/mol. The summed E-state index contributed by atoms with van der Waals surface area (Å²) in [6.45, 7) is 0. The third-order valence-electron chi connectivity index (χ3n) is 3.37. The van der Waals surface area contributed by atoms with Crippen molar-refractivity contribution in [3.05, 3.63) is 29.3 Å². The molecule has 0 atom stereocenters. The Balaban J connectivity index is 2.51. The first-order valence-electron chi connectivity index (χ1n) is 5.79. The van der Waals surface area contributed by atoms with Crippen molar-refractivity contribution in [3.63, 3.8) is 0 Å². The molecule has 0 unspecified atom stereocenters. The van der Waals surface area contributed by atoms with Crippen molar-refractivity contribution in [2.45, 2.75) is 24.8 Å². The largest absolute Gasteiger partial charge is 0.507 e. The van der Waals surface area contributed by atoms with Crippen LogP contribution in [0.25, 0.3) is 0 Å². The summed E-state index contributed by atoms with van der Waals surface area (Å²) in [7, 11) is 0. The molecule has 0 spiro atoms. The molecule has 4 N–H and O–H groups in total. The number of hydrogen-bond donors (Lipinski definition) is 3. The molecule has 0 bridgehead atoms. The summed E-state index contributed by atoms with van der Waals surface area (Å²) in [6.07, 6.45) is 0.864. The van der Waals surface area contributed by atoms with Gasteiger partial charge in [0.2, 0.25) is 0 Å². The molecular formula is C13H13NO5. The summed E-state index contributed by atoms with van der Waals surface area (Å²) in [5.74, 6) is -2.63. The molecule has 0 aliphatic heterocycles. The number of benzene rings is 1. The van der Waals surface area contributed by atoms with Gasteiger partial charge in [0.05, 0.1) is 0 Å². The first kappa shape index (κ1) is 13.2. The van der Waals surface area contributed by atoms with E-state index in [1.165, 1.54) is 6.07 Å². The fraction of sp³-hybridized carbons (Fsp3) is 0.308. The molecule has 1 aliphatic rings. The highest BCUT2D eigenvalue weighted by molar-refractivity contribution is 6.13. The van der Waals surface area contributed by atoms with E-state index in [0.29, 0.717) is 6.42 Å². The molecule has 1 aromatic rings. The molecule has 19 heavy (non-hydrogen) atoms. The van der Waals surface area contributed by atoms with E-state index in [9.17, 15) is 19.5 Å². The molecule has 0 saturated heterocycles. The van der Waals surface area contributed by atoms with E-state index >= 15 is 0 Å². The number of aromatic carboxylic acids is 1. The topological polar surface area (TPSA) is 118 Å². The third kappa shape index (κ3) is 2.00. The zero-order valence-corrected chi connectivity index (χ0v) is 10.0. The molecule has 6 heteroatoms. The van der Waals surface area contributed by atoms with E-state index in [-0.39, 0.29) is 24.0 Å². The van der Waals surface area contributed by atoms with Crippen LogP contribution < -0.4 is 5.73 Å². The van der Waals surface area contributed by atoms with Gasteiger partial charge in [-0.2, -0.15) is 0 Å². The van der Waals surface area contributed by atoms with E-state index in [1.807, 2.05) is 0 Å². The van der Waals surface area contributed by atoms with Crippen LogP contribution in [-0.2, 0) is 15.1 Å². The molecule has 0 radical (unpaired) electrons. The number of ketones is 2. The summed E-state index contributed by atoms with van der Waals surface area (Å²) in [5, 5.41) is 18.4. The van der Waals surface area contributed by atoms with Crippen LogP contribution in [0.5, 0.6) is 5.75 Å². The number of Topliss-reactive ketones (excluding diaryl/α,β-unsaturated/α-hetero) is 2. The van der Waals surface area contributed by atoms with Crippen molar-refractivity contribution in [1.29, 1.82) is 0 Å². The lowest BCUT2D eigenvalue weighted by Crippen LogP contribution is -2.53. The van der Waals surface area contributed by atoms with Crippen molar-refractivity contribution in [1.82, 2.24) is 0 Å². The SMILES string of the molecule is NC1(c2ccc(C(=O)O)c(O)c2)C(=O)CCCC1=O. The van der Waals surface area contributed by atoms with Gasteiger partial charge in [-0.3, -0.25) is 9.59 Å². The third-order valence-corrected chi connectivity index (χ3v) is 3.37. The molecule has 1 fully saturated rings. The first-order chi connectivity index (χ1) is 8.87. The molecule has 1 aromatic carbocycles. The summed E-state index contributed by atoms with van der Waals surface area (Å²) in [4.78, 5) is 34.6. The summed E-state index contributed by atoms with van der Waals surface area (Å²) >= 11 is 0. The Hall–Kier alpha value is -2.21. The molecule has 2 rings (SSSR count). The number of carboxylic acids is 1. The maximum atomic E-state index is 11.9. The number of carboxylic acid groups (broad SMARTS) is 1. The second kappa shape index (κ2) is 4.47. The van der Waals surface area contributed by atoms with Crippen LogP contribution in [0.1, 0.15) is 35.2 Å². The zero-order valence-electron chi connectivity index (χ0n) is 10.0. The molecule has 0 amide bonds. The van der Waals surface area contributed by atoms with E-state index in [0.717, 1.165) is 12.1 Å². The Morgan fingerprint density at radius 2 is 1.79 bits per heavy atom. The van der Waals surface area contributed by atoms with E-state index in [4.69, 9.17) is 10.8 Å². The van der Waals surface area contributed by atoms with Crippen LogP contribution in [0, 0.1) is 0 Å². The Morgan fingerprint density at radius 1 is 1.21 bits per heavy atom. The standard InChI is InChI=1S/C13H13NO5/c14-13(10(16)2-1-3-11(13)17)7-4-5-8(12(18)19)9(15)6-7/h4-6,15H,1-3,14H2,(H,18,19). The van der Waals surface area contributed by atoms with Gasteiger partial charge in [-0.05, 0) is 24.1 Å². The van der Waals surface area contributed by atoms with Crippen molar-refractivity contribution in [3.8, 4) is 5.75 Å². The summed E-state index contributed by atoms with van der Waals surface area (Å²) in [6, 6.07) is 3.51. The Morgan fingerprint density at radius 3 is 2.26 bits per heavy atom. The second-order valence-electron chi connectivity index (χ2n) is 4.54. The molecule has 1 saturated carbocycles. The molecule has 0 aromatic heterocycles. The van der Waals surface area contributed by atoms with Gasteiger partial charge >= 0.3 is 5.97 Å². The maximum Gasteiger partial charge on any atom is 0.339 e. The predicted octanol–water partition coefficient (Wildman–Crippen LogP) is 0.567. The quantitative estimate of drug-likeness (QED) is 0.671. The van der Waals surface area contributed by atoms with Crippen LogP contribution >= 0.6 is 0 Å². The number of carbonyl (C=O) groups is 3. The Labute approximate surface area is 108 Å². The van der Waals surface area contributed by atoms with Crippen molar-refractivity contribution >= 4 is 17.5 Å². The summed E-state index contributed by atoms with van der Waals surface area (Å²) < 4.78 is 0. The molecule has 1 aliphatic carbocycles. The van der Waals surface area contributed by atoms with Gasteiger partial charge in [-0.15, -0.1) is 0 Å². The maximum absolute atomic E-state index is 11.9. The van der Waals surface area contributed by atoms with Gasteiger partial charge < -0.3 is 15.9 Å². The molecule has 100 valence electrons. The first-order valence-corrected chi connectivity index (χ1v) is 5.79. The van der Waals surface area contributed by atoms with Crippen molar-refractivity contribution < 1.29 is 24.6 Å². The highest BCUT2D eigenvalue weighted by Crippen LogP contribution is 2.32. The van der Waals surface area contributed by atoms with E-state index in [1.54, 1.807) is 0 Å². The average Bonchev–Trinajstić information content (AvgIpc) is 2.35. The fourth-order valence-corrected chi connectivity index (χ4v) is 2.24. The van der Waals surface area contributed by atoms with Gasteiger partial charge in [-0.1, -0.05) is 6.07 Å². The summed E-state index contributed by atoms with van der Waals surface area (Å²) in [5.41, 5.74) is 3.96. The Kier molecular flexibility index (Phi) is 3.11.